The lowest BCUT2D eigenvalue weighted by Crippen LogP contribution is -2.19. The van der Waals surface area contributed by atoms with E-state index in [-0.39, 0.29) is 22.4 Å². The van der Waals surface area contributed by atoms with Crippen molar-refractivity contribution >= 4 is 22.8 Å². The van der Waals surface area contributed by atoms with Gasteiger partial charge in [-0.15, -0.1) is 0 Å². The van der Waals surface area contributed by atoms with Gasteiger partial charge in [-0.1, -0.05) is 67.2 Å². The van der Waals surface area contributed by atoms with Crippen molar-refractivity contribution in [2.45, 2.75) is 31.6 Å². The highest BCUT2D eigenvalue weighted by molar-refractivity contribution is 8.14. The molecule has 0 saturated heterocycles. The molecule has 0 spiro atoms. The summed E-state index contributed by atoms with van der Waals surface area (Å²) in [6, 6.07) is 18.1. The quantitative estimate of drug-likeness (QED) is 0.728. The van der Waals surface area contributed by atoms with E-state index in [0.29, 0.717) is 17.5 Å². The molecule has 0 aliphatic carbocycles. The van der Waals surface area contributed by atoms with Crippen molar-refractivity contribution in [1.82, 2.24) is 0 Å². The zero-order chi connectivity index (χ0) is 16.7. The minimum Gasteiger partial charge on any atom is -0.459 e. The molecule has 2 atom stereocenters. The van der Waals surface area contributed by atoms with Crippen molar-refractivity contribution in [3.05, 3.63) is 71.8 Å². The Balaban J connectivity index is 1.82. The molecule has 2 rings (SSSR count). The Morgan fingerprint density at radius 1 is 0.913 bits per heavy atom. The molecule has 0 radical (unpaired) electrons. The fourth-order valence-electron chi connectivity index (χ4n) is 2.21. The zero-order valence-corrected chi connectivity index (χ0v) is 14.1. The summed E-state index contributed by atoms with van der Waals surface area (Å²) < 4.78 is 5.43. The predicted octanol–water partition coefficient (Wildman–Crippen LogP) is 4.58. The SMILES string of the molecule is CC(CC(C)SC(=O)c1ccccc1)OC(=O)c1ccccc1. The largest absolute Gasteiger partial charge is 0.459 e. The van der Waals surface area contributed by atoms with Crippen LogP contribution in [0.2, 0.25) is 0 Å². The fourth-order valence-corrected chi connectivity index (χ4v) is 3.22. The van der Waals surface area contributed by atoms with Crippen LogP contribution < -0.4 is 0 Å². The van der Waals surface area contributed by atoms with Crippen molar-refractivity contribution < 1.29 is 14.3 Å². The summed E-state index contributed by atoms with van der Waals surface area (Å²) in [5.74, 6) is -0.329. The molecule has 2 aromatic carbocycles. The summed E-state index contributed by atoms with van der Waals surface area (Å²) in [6.45, 7) is 3.82. The summed E-state index contributed by atoms with van der Waals surface area (Å²) in [5, 5.41) is 0.112. The maximum absolute atomic E-state index is 12.1. The highest BCUT2D eigenvalue weighted by Gasteiger charge is 2.18. The molecule has 0 N–H and O–H groups in total. The first-order chi connectivity index (χ1) is 11.1. The van der Waals surface area contributed by atoms with Crippen molar-refractivity contribution in [2.24, 2.45) is 0 Å². The van der Waals surface area contributed by atoms with Crippen LogP contribution in [0.3, 0.4) is 0 Å². The second kappa shape index (κ2) is 8.53. The average molecular weight is 328 g/mol. The van der Waals surface area contributed by atoms with E-state index in [2.05, 4.69) is 0 Å². The molecule has 0 amide bonds. The molecule has 0 aliphatic heterocycles. The van der Waals surface area contributed by atoms with Gasteiger partial charge in [0.2, 0.25) is 5.12 Å². The van der Waals surface area contributed by atoms with Crippen molar-refractivity contribution in [2.75, 3.05) is 0 Å². The number of rotatable bonds is 6. The second-order valence-electron chi connectivity index (χ2n) is 5.40. The maximum Gasteiger partial charge on any atom is 0.338 e. The number of thioether (sulfide) groups is 1. The average Bonchev–Trinajstić information content (AvgIpc) is 2.56. The van der Waals surface area contributed by atoms with E-state index >= 15 is 0 Å². The van der Waals surface area contributed by atoms with Crippen molar-refractivity contribution in [3.63, 3.8) is 0 Å². The number of ether oxygens (including phenoxy) is 1. The lowest BCUT2D eigenvalue weighted by Gasteiger charge is -2.17. The summed E-state index contributed by atoms with van der Waals surface area (Å²) >= 11 is 1.27. The number of carbonyl (C=O) groups excluding carboxylic acids is 2. The van der Waals surface area contributed by atoms with Gasteiger partial charge in [0.1, 0.15) is 6.10 Å². The van der Waals surface area contributed by atoms with Crippen LogP contribution in [0.4, 0.5) is 0 Å². The van der Waals surface area contributed by atoms with Gasteiger partial charge in [-0.3, -0.25) is 4.79 Å². The van der Waals surface area contributed by atoms with E-state index < -0.39 is 0 Å². The third-order valence-electron chi connectivity index (χ3n) is 3.30. The standard InChI is InChI=1S/C19H20O3S/c1-14(22-18(20)16-9-5-3-6-10-16)13-15(2)23-19(21)17-11-7-4-8-12-17/h3-12,14-15H,13H2,1-2H3. The van der Waals surface area contributed by atoms with Crippen LogP contribution in [0, 0.1) is 0 Å². The topological polar surface area (TPSA) is 43.4 Å². The van der Waals surface area contributed by atoms with Crippen LogP contribution in [-0.4, -0.2) is 22.4 Å². The molecular weight excluding hydrogens is 308 g/mol. The first-order valence-electron chi connectivity index (χ1n) is 7.58. The van der Waals surface area contributed by atoms with Gasteiger partial charge in [-0.25, -0.2) is 4.79 Å². The normalized spacial score (nSPS) is 13.1. The van der Waals surface area contributed by atoms with E-state index in [1.165, 1.54) is 11.8 Å². The highest BCUT2D eigenvalue weighted by Crippen LogP contribution is 2.22. The molecule has 4 heteroatoms. The van der Waals surface area contributed by atoms with E-state index in [1.807, 2.05) is 38.1 Å². The first kappa shape index (κ1) is 17.3. The van der Waals surface area contributed by atoms with Crippen LogP contribution >= 0.6 is 11.8 Å². The van der Waals surface area contributed by atoms with E-state index in [9.17, 15) is 9.59 Å². The smallest absolute Gasteiger partial charge is 0.338 e. The zero-order valence-electron chi connectivity index (χ0n) is 13.3. The molecule has 23 heavy (non-hydrogen) atoms. The monoisotopic (exact) mass is 328 g/mol. The second-order valence-corrected chi connectivity index (χ2v) is 6.81. The van der Waals surface area contributed by atoms with Gasteiger partial charge in [0.25, 0.3) is 0 Å². The van der Waals surface area contributed by atoms with Gasteiger partial charge < -0.3 is 4.74 Å². The number of hydrogen-bond donors (Lipinski definition) is 0. The van der Waals surface area contributed by atoms with Gasteiger partial charge in [-0.05, 0) is 25.5 Å². The first-order valence-corrected chi connectivity index (χ1v) is 8.46. The van der Waals surface area contributed by atoms with E-state index in [0.717, 1.165) is 0 Å². The molecule has 2 aromatic rings. The molecule has 0 saturated carbocycles. The Hall–Kier alpha value is -2.07. The molecule has 3 nitrogen and oxygen atoms in total. The summed E-state index contributed by atoms with van der Waals surface area (Å²) in [6.07, 6.45) is 0.385. The molecule has 0 aliphatic rings. The number of hydrogen-bond acceptors (Lipinski definition) is 4. The van der Waals surface area contributed by atoms with Crippen molar-refractivity contribution in [3.8, 4) is 0 Å². The summed E-state index contributed by atoms with van der Waals surface area (Å²) in [4.78, 5) is 24.1. The van der Waals surface area contributed by atoms with Crippen LogP contribution in [0.15, 0.2) is 60.7 Å². The molecule has 0 aromatic heterocycles. The summed E-state index contributed by atoms with van der Waals surface area (Å²) in [7, 11) is 0. The molecule has 0 heterocycles. The van der Waals surface area contributed by atoms with Crippen LogP contribution in [0.25, 0.3) is 0 Å². The molecule has 0 fully saturated rings. The van der Waals surface area contributed by atoms with Gasteiger partial charge in [-0.2, -0.15) is 0 Å². The van der Waals surface area contributed by atoms with E-state index in [1.54, 1.807) is 36.4 Å². The Morgan fingerprint density at radius 2 is 1.43 bits per heavy atom. The molecule has 0 bridgehead atoms. The van der Waals surface area contributed by atoms with Crippen LogP contribution in [-0.2, 0) is 4.74 Å². The Kier molecular flexibility index (Phi) is 6.41. The van der Waals surface area contributed by atoms with E-state index in [4.69, 9.17) is 4.74 Å². The third-order valence-corrected chi connectivity index (χ3v) is 4.34. The van der Waals surface area contributed by atoms with Crippen LogP contribution in [0.1, 0.15) is 41.0 Å². The van der Waals surface area contributed by atoms with Gasteiger partial charge in [0.05, 0.1) is 5.56 Å². The number of carbonyl (C=O) groups is 2. The predicted molar refractivity (Wildman–Crippen MR) is 93.8 cm³/mol. The Labute approximate surface area is 141 Å². The number of esters is 1. The van der Waals surface area contributed by atoms with Crippen LogP contribution in [0.5, 0.6) is 0 Å². The molecule has 2 unspecified atom stereocenters. The fraction of sp³-hybridized carbons (Fsp3) is 0.263. The molecular formula is C19H20O3S. The lowest BCUT2D eigenvalue weighted by molar-refractivity contribution is 0.0326. The Morgan fingerprint density at radius 3 is 2.00 bits per heavy atom. The lowest BCUT2D eigenvalue weighted by atomic mass is 10.2. The minimum atomic E-state index is -0.329. The maximum atomic E-state index is 12.1. The van der Waals surface area contributed by atoms with Crippen molar-refractivity contribution in [1.29, 1.82) is 0 Å². The molecule has 120 valence electrons. The van der Waals surface area contributed by atoms with Gasteiger partial charge in [0, 0.05) is 10.8 Å². The van der Waals surface area contributed by atoms with Gasteiger partial charge >= 0.3 is 5.97 Å². The summed E-state index contributed by atoms with van der Waals surface area (Å²) in [5.41, 5.74) is 1.23. The highest BCUT2D eigenvalue weighted by atomic mass is 32.2. The third kappa shape index (κ3) is 5.57. The minimum absolute atomic E-state index is 0.0414. The number of benzene rings is 2. The Bertz CT molecular complexity index is 583. The van der Waals surface area contributed by atoms with Gasteiger partial charge in [0.15, 0.2) is 0 Å².